The molecule has 2 saturated heterocycles. The molecule has 6 atom stereocenters. The summed E-state index contributed by atoms with van der Waals surface area (Å²) in [5.74, 6) is 0.218. The standard InChI is InChI=1S/C19H25NO3/c1-4-8-19-15(21)7-5-6-13-17(23)20-10-11(2)12(16(19)22)9-14(20)18(13,19)3/h4,11-14H,1,5-10H2,2-3H3/t11-,12?,13-,14?,18-,19+/m1/s1. The Morgan fingerprint density at radius 1 is 1.35 bits per heavy atom. The van der Waals surface area contributed by atoms with E-state index in [0.29, 0.717) is 19.4 Å². The number of carbonyl (C=O) groups excluding carboxylic acids is 3. The Balaban J connectivity index is 2.01. The average molecular weight is 315 g/mol. The molecule has 0 spiro atoms. The van der Waals surface area contributed by atoms with Gasteiger partial charge in [-0.05, 0) is 31.6 Å². The van der Waals surface area contributed by atoms with Crippen molar-refractivity contribution < 1.29 is 14.4 Å². The fourth-order valence-electron chi connectivity index (χ4n) is 6.39. The second-order valence-corrected chi connectivity index (χ2v) is 8.24. The Morgan fingerprint density at radius 3 is 2.78 bits per heavy atom. The Bertz CT molecular complexity index is 626. The maximum atomic E-state index is 13.5. The van der Waals surface area contributed by atoms with Crippen LogP contribution in [0.4, 0.5) is 0 Å². The van der Waals surface area contributed by atoms with Crippen LogP contribution in [0.1, 0.15) is 46.0 Å². The molecule has 0 aromatic heterocycles. The molecule has 1 amide bonds. The van der Waals surface area contributed by atoms with Crippen LogP contribution < -0.4 is 0 Å². The van der Waals surface area contributed by atoms with Crippen LogP contribution in [-0.2, 0) is 14.4 Å². The van der Waals surface area contributed by atoms with Crippen LogP contribution in [0, 0.1) is 28.6 Å². The van der Waals surface area contributed by atoms with Crippen molar-refractivity contribution in [3.05, 3.63) is 12.7 Å². The van der Waals surface area contributed by atoms with Gasteiger partial charge in [0, 0.05) is 36.3 Å². The first-order valence-electron chi connectivity index (χ1n) is 8.88. The molecule has 2 aliphatic heterocycles. The van der Waals surface area contributed by atoms with Gasteiger partial charge in [-0.15, -0.1) is 6.58 Å². The predicted octanol–water partition coefficient (Wildman–Crippen LogP) is 2.37. The number of carbonyl (C=O) groups is 3. The smallest absolute Gasteiger partial charge is 0.226 e. The zero-order chi connectivity index (χ0) is 16.6. The van der Waals surface area contributed by atoms with E-state index in [1.54, 1.807) is 6.08 Å². The van der Waals surface area contributed by atoms with Crippen molar-refractivity contribution in [2.24, 2.45) is 28.6 Å². The van der Waals surface area contributed by atoms with E-state index in [2.05, 4.69) is 20.4 Å². The number of hydrogen-bond donors (Lipinski definition) is 0. The first kappa shape index (κ1) is 15.1. The molecule has 4 fully saturated rings. The number of allylic oxidation sites excluding steroid dienone is 1. The van der Waals surface area contributed by atoms with Crippen LogP contribution in [-0.4, -0.2) is 35.0 Å². The van der Waals surface area contributed by atoms with Crippen molar-refractivity contribution in [3.8, 4) is 0 Å². The monoisotopic (exact) mass is 315 g/mol. The summed E-state index contributed by atoms with van der Waals surface area (Å²) in [6, 6.07) is 0.0425. The van der Waals surface area contributed by atoms with E-state index < -0.39 is 10.8 Å². The van der Waals surface area contributed by atoms with Crippen LogP contribution in [0.25, 0.3) is 0 Å². The number of ketones is 2. The number of piperidine rings is 1. The normalized spacial score (nSPS) is 48.4. The van der Waals surface area contributed by atoms with E-state index in [4.69, 9.17) is 0 Å². The number of Topliss-reactive ketones (excluding diaryl/α,β-unsaturated/α-hetero) is 2. The highest BCUT2D eigenvalue weighted by Gasteiger charge is 2.75. The van der Waals surface area contributed by atoms with E-state index in [0.717, 1.165) is 19.3 Å². The molecule has 2 heterocycles. The van der Waals surface area contributed by atoms with Crippen molar-refractivity contribution in [2.45, 2.75) is 52.0 Å². The highest BCUT2D eigenvalue weighted by atomic mass is 16.2. The minimum Gasteiger partial charge on any atom is -0.339 e. The SMILES string of the molecule is C=CC[C@@]12C(=O)CCC[C@@H]3C(=O)N4C[C@@H](C)C(CC4[C@@]31C)C2=O. The summed E-state index contributed by atoms with van der Waals surface area (Å²) in [6.45, 7) is 8.62. The lowest BCUT2D eigenvalue weighted by Crippen LogP contribution is -2.67. The zero-order valence-corrected chi connectivity index (χ0v) is 14.0. The maximum Gasteiger partial charge on any atom is 0.226 e. The lowest BCUT2D eigenvalue weighted by Gasteiger charge is -2.57. The highest BCUT2D eigenvalue weighted by Crippen LogP contribution is 2.66. The zero-order valence-electron chi connectivity index (χ0n) is 14.0. The summed E-state index contributed by atoms with van der Waals surface area (Å²) >= 11 is 0. The third-order valence-corrected chi connectivity index (χ3v) is 7.52. The first-order valence-corrected chi connectivity index (χ1v) is 8.88. The Morgan fingerprint density at radius 2 is 2.09 bits per heavy atom. The van der Waals surface area contributed by atoms with Gasteiger partial charge >= 0.3 is 0 Å². The summed E-state index contributed by atoms with van der Waals surface area (Å²) in [5, 5.41) is 0. The molecule has 124 valence electrons. The quantitative estimate of drug-likeness (QED) is 0.581. The van der Waals surface area contributed by atoms with Gasteiger partial charge in [0.15, 0.2) is 5.78 Å². The molecule has 4 rings (SSSR count). The molecule has 4 nitrogen and oxygen atoms in total. The summed E-state index contributed by atoms with van der Waals surface area (Å²) in [7, 11) is 0. The van der Waals surface area contributed by atoms with Gasteiger partial charge in [0.1, 0.15) is 5.78 Å². The van der Waals surface area contributed by atoms with E-state index in [1.165, 1.54) is 0 Å². The summed E-state index contributed by atoms with van der Waals surface area (Å²) in [4.78, 5) is 41.8. The van der Waals surface area contributed by atoms with Crippen molar-refractivity contribution in [1.29, 1.82) is 0 Å². The van der Waals surface area contributed by atoms with Crippen molar-refractivity contribution >= 4 is 17.5 Å². The minimum absolute atomic E-state index is 0.0425. The summed E-state index contributed by atoms with van der Waals surface area (Å²) in [6.07, 6.45) is 4.73. The number of hydrogen-bond acceptors (Lipinski definition) is 3. The molecule has 4 aliphatic rings. The molecule has 2 aliphatic carbocycles. The first-order chi connectivity index (χ1) is 10.9. The van der Waals surface area contributed by atoms with E-state index >= 15 is 0 Å². The number of amides is 1. The average Bonchev–Trinajstić information content (AvgIpc) is 2.65. The van der Waals surface area contributed by atoms with Gasteiger partial charge in [-0.3, -0.25) is 14.4 Å². The number of nitrogens with zero attached hydrogens (tertiary/aromatic N) is 1. The van der Waals surface area contributed by atoms with Crippen molar-refractivity contribution in [3.63, 3.8) is 0 Å². The van der Waals surface area contributed by atoms with Gasteiger partial charge in [0.2, 0.25) is 5.91 Å². The third-order valence-electron chi connectivity index (χ3n) is 7.52. The largest absolute Gasteiger partial charge is 0.339 e. The van der Waals surface area contributed by atoms with Gasteiger partial charge in [-0.1, -0.05) is 19.9 Å². The van der Waals surface area contributed by atoms with Crippen LogP contribution in [0.15, 0.2) is 12.7 Å². The van der Waals surface area contributed by atoms with Gasteiger partial charge in [0.25, 0.3) is 0 Å². The van der Waals surface area contributed by atoms with E-state index in [1.807, 2.05) is 4.90 Å². The highest BCUT2D eigenvalue weighted by molar-refractivity contribution is 6.11. The van der Waals surface area contributed by atoms with Crippen LogP contribution in [0.5, 0.6) is 0 Å². The molecule has 0 N–H and O–H groups in total. The molecular formula is C19H25NO3. The lowest BCUT2D eigenvalue weighted by molar-refractivity contribution is -0.169. The Labute approximate surface area is 137 Å². The Kier molecular flexibility index (Phi) is 2.99. The van der Waals surface area contributed by atoms with Gasteiger partial charge in [-0.2, -0.15) is 0 Å². The number of fused-ring (bicyclic) bond motifs is 1. The van der Waals surface area contributed by atoms with Gasteiger partial charge in [-0.25, -0.2) is 0 Å². The van der Waals surface area contributed by atoms with E-state index in [-0.39, 0.29) is 41.3 Å². The fraction of sp³-hybridized carbons (Fsp3) is 0.737. The second kappa shape index (κ2) is 4.55. The number of rotatable bonds is 2. The molecule has 4 heteroatoms. The maximum absolute atomic E-state index is 13.5. The van der Waals surface area contributed by atoms with Gasteiger partial charge < -0.3 is 4.90 Å². The molecular weight excluding hydrogens is 290 g/mol. The summed E-state index contributed by atoms with van der Waals surface area (Å²) in [5.41, 5.74) is -1.58. The molecule has 2 bridgehead atoms. The molecule has 2 saturated carbocycles. The molecule has 2 unspecified atom stereocenters. The molecule has 0 aromatic carbocycles. The van der Waals surface area contributed by atoms with Crippen LogP contribution in [0.2, 0.25) is 0 Å². The fourth-order valence-corrected chi connectivity index (χ4v) is 6.39. The molecule has 0 radical (unpaired) electrons. The Hall–Kier alpha value is -1.45. The summed E-state index contributed by atoms with van der Waals surface area (Å²) < 4.78 is 0. The van der Waals surface area contributed by atoms with Crippen LogP contribution in [0.3, 0.4) is 0 Å². The van der Waals surface area contributed by atoms with Crippen molar-refractivity contribution in [2.75, 3.05) is 6.54 Å². The molecule has 23 heavy (non-hydrogen) atoms. The lowest BCUT2D eigenvalue weighted by atomic mass is 9.45. The van der Waals surface area contributed by atoms with Gasteiger partial charge in [0.05, 0.1) is 5.41 Å². The second-order valence-electron chi connectivity index (χ2n) is 8.24. The predicted molar refractivity (Wildman–Crippen MR) is 85.5 cm³/mol. The van der Waals surface area contributed by atoms with Crippen molar-refractivity contribution in [1.82, 2.24) is 4.90 Å². The third kappa shape index (κ3) is 1.46. The van der Waals surface area contributed by atoms with E-state index in [9.17, 15) is 14.4 Å². The molecule has 0 aromatic rings. The topological polar surface area (TPSA) is 54.5 Å². The van der Waals surface area contributed by atoms with Crippen LogP contribution >= 0.6 is 0 Å². The minimum atomic E-state index is -1.03.